The van der Waals surface area contributed by atoms with E-state index in [4.69, 9.17) is 11.0 Å². The highest BCUT2D eigenvalue weighted by Crippen LogP contribution is 2.56. The number of nitrogens with two attached hydrogens (primary N) is 1. The van der Waals surface area contributed by atoms with Crippen molar-refractivity contribution in [3.8, 4) is 6.07 Å². The van der Waals surface area contributed by atoms with E-state index in [1.807, 2.05) is 13.1 Å². The minimum atomic E-state index is 0.122. The van der Waals surface area contributed by atoms with E-state index < -0.39 is 0 Å². The molecule has 0 unspecified atom stereocenters. The number of hydrogen-bond donors (Lipinski definition) is 2. The summed E-state index contributed by atoms with van der Waals surface area (Å²) in [7, 11) is 1.86. The van der Waals surface area contributed by atoms with Gasteiger partial charge in [-0.3, -0.25) is 9.89 Å². The second-order valence-electron chi connectivity index (χ2n) is 8.39. The van der Waals surface area contributed by atoms with Gasteiger partial charge in [-0.2, -0.15) is 10.4 Å². The Labute approximate surface area is 154 Å². The summed E-state index contributed by atoms with van der Waals surface area (Å²) in [6, 6.07) is 2.08. The molecule has 1 aromatic heterocycles. The van der Waals surface area contributed by atoms with Crippen molar-refractivity contribution in [2.24, 2.45) is 23.7 Å². The van der Waals surface area contributed by atoms with Gasteiger partial charge in [0, 0.05) is 19.7 Å². The van der Waals surface area contributed by atoms with Crippen LogP contribution in [0, 0.1) is 35.0 Å². The van der Waals surface area contributed by atoms with Crippen LogP contribution < -0.4 is 5.73 Å². The summed E-state index contributed by atoms with van der Waals surface area (Å²) in [6.07, 6.45) is 10.0. The summed E-state index contributed by atoms with van der Waals surface area (Å²) in [5.41, 5.74) is 8.27. The van der Waals surface area contributed by atoms with E-state index in [0.29, 0.717) is 30.4 Å². The third-order valence-corrected chi connectivity index (χ3v) is 6.65. The topological polar surface area (TPSA) is 98.8 Å². The second kappa shape index (κ2) is 6.79. The van der Waals surface area contributed by atoms with Crippen molar-refractivity contribution in [1.29, 1.82) is 5.26 Å². The molecule has 26 heavy (non-hydrogen) atoms. The monoisotopic (exact) mass is 353 g/mol. The Morgan fingerprint density at radius 3 is 2.58 bits per heavy atom. The molecule has 0 atom stereocenters. The number of hydrogen-bond acceptors (Lipinski definition) is 4. The highest BCUT2D eigenvalue weighted by atomic mass is 16.2. The number of nitrogen functional groups attached to an aromatic ring is 1. The molecule has 4 aliphatic rings. The summed E-state index contributed by atoms with van der Waals surface area (Å²) in [4.78, 5) is 14.5. The molecule has 3 N–H and O–H groups in total. The van der Waals surface area contributed by atoms with E-state index in [1.165, 1.54) is 37.7 Å². The van der Waals surface area contributed by atoms with Crippen molar-refractivity contribution < 1.29 is 4.79 Å². The average Bonchev–Trinajstić information content (AvgIpc) is 2.97. The van der Waals surface area contributed by atoms with Gasteiger partial charge in [0.1, 0.15) is 11.6 Å². The zero-order valence-corrected chi connectivity index (χ0v) is 15.4. The third kappa shape index (κ3) is 3.11. The molecule has 4 saturated carbocycles. The molecule has 0 radical (unpaired) electrons. The third-order valence-electron chi connectivity index (χ3n) is 6.65. The molecule has 4 bridgehead atoms. The summed E-state index contributed by atoms with van der Waals surface area (Å²) in [5, 5.41) is 15.8. The lowest BCUT2D eigenvalue weighted by Gasteiger charge is -2.51. The van der Waals surface area contributed by atoms with E-state index in [2.05, 4.69) is 16.3 Å². The number of carbonyl (C=O) groups excluding carboxylic acids is 1. The lowest BCUT2D eigenvalue weighted by molar-refractivity contribution is -0.125. The minimum absolute atomic E-state index is 0.122. The summed E-state index contributed by atoms with van der Waals surface area (Å²) in [5.74, 6) is 3.53. The van der Waals surface area contributed by atoms with Crippen LogP contribution in [0.3, 0.4) is 0 Å². The van der Waals surface area contributed by atoms with Gasteiger partial charge in [-0.1, -0.05) is 5.57 Å². The molecule has 0 saturated heterocycles. The maximum absolute atomic E-state index is 12.7. The number of aromatic nitrogens is 2. The van der Waals surface area contributed by atoms with E-state index in [1.54, 1.807) is 4.90 Å². The number of carbonyl (C=O) groups is 1. The normalized spacial score (nSPS) is 28.8. The number of likely N-dealkylation sites (N-methyl/N-ethyl adjacent to an activating group) is 1. The van der Waals surface area contributed by atoms with Gasteiger partial charge in [0.05, 0.1) is 5.69 Å². The molecular formula is C20H27N5O. The van der Waals surface area contributed by atoms with Crippen LogP contribution in [0.4, 0.5) is 5.82 Å². The van der Waals surface area contributed by atoms with Crippen LogP contribution >= 0.6 is 0 Å². The molecule has 0 aromatic carbocycles. The predicted octanol–water partition coefficient (Wildman–Crippen LogP) is 2.64. The lowest BCUT2D eigenvalue weighted by atomic mass is 9.54. The number of H-pyrrole nitrogens is 1. The number of aryl methyl sites for hydroxylation is 1. The summed E-state index contributed by atoms with van der Waals surface area (Å²) < 4.78 is 0. The van der Waals surface area contributed by atoms with Gasteiger partial charge in [-0.15, -0.1) is 0 Å². The highest BCUT2D eigenvalue weighted by Gasteiger charge is 2.45. The Hall–Kier alpha value is -2.29. The van der Waals surface area contributed by atoms with Crippen molar-refractivity contribution in [3.05, 3.63) is 22.9 Å². The first kappa shape index (κ1) is 17.1. The van der Waals surface area contributed by atoms with Crippen LogP contribution in [0.5, 0.6) is 0 Å². The first-order valence-corrected chi connectivity index (χ1v) is 9.74. The smallest absolute Gasteiger partial charge is 0.246 e. The number of rotatable bonds is 5. The molecular weight excluding hydrogens is 326 g/mol. The van der Waals surface area contributed by atoms with Crippen LogP contribution in [-0.2, 0) is 11.2 Å². The van der Waals surface area contributed by atoms with E-state index in [0.717, 1.165) is 24.0 Å². The van der Waals surface area contributed by atoms with Gasteiger partial charge in [-0.25, -0.2) is 0 Å². The van der Waals surface area contributed by atoms with Crippen LogP contribution in [0.2, 0.25) is 0 Å². The number of aromatic amines is 1. The quantitative estimate of drug-likeness (QED) is 0.795. The molecule has 4 fully saturated rings. The molecule has 1 amide bonds. The second-order valence-corrected chi connectivity index (χ2v) is 8.39. The average molecular weight is 353 g/mol. The predicted molar refractivity (Wildman–Crippen MR) is 98.8 cm³/mol. The van der Waals surface area contributed by atoms with Gasteiger partial charge in [0.2, 0.25) is 5.91 Å². The largest absolute Gasteiger partial charge is 0.381 e. The molecule has 0 aliphatic heterocycles. The first-order chi connectivity index (χ1) is 12.5. The van der Waals surface area contributed by atoms with Gasteiger partial charge >= 0.3 is 0 Å². The Balaban J connectivity index is 1.33. The molecule has 5 rings (SSSR count). The SMILES string of the molecule is CN(CCCc1[nH]nc(N)c1C#N)C(=O)C=C1C2CC3CC(C2)CC1C3. The van der Waals surface area contributed by atoms with Gasteiger partial charge in [0.25, 0.3) is 0 Å². The molecule has 6 heteroatoms. The maximum Gasteiger partial charge on any atom is 0.246 e. The molecule has 4 aliphatic carbocycles. The van der Waals surface area contributed by atoms with Crippen molar-refractivity contribution in [3.63, 3.8) is 0 Å². The fraction of sp³-hybridized carbons (Fsp3) is 0.650. The zero-order chi connectivity index (χ0) is 18.3. The van der Waals surface area contributed by atoms with E-state index in [9.17, 15) is 4.79 Å². The number of nitrogens with one attached hydrogen (secondary N) is 1. The first-order valence-electron chi connectivity index (χ1n) is 9.74. The molecule has 6 nitrogen and oxygen atoms in total. The Morgan fingerprint density at radius 1 is 1.31 bits per heavy atom. The molecule has 0 spiro atoms. The van der Waals surface area contributed by atoms with Crippen LogP contribution in [0.1, 0.15) is 49.8 Å². The maximum atomic E-state index is 12.7. The Bertz CT molecular complexity index is 742. The minimum Gasteiger partial charge on any atom is -0.381 e. The molecule has 138 valence electrons. The number of allylic oxidation sites excluding steroid dienone is 1. The van der Waals surface area contributed by atoms with E-state index >= 15 is 0 Å². The standard InChI is InChI=1S/C20H27N5O/c1-25(4-2-3-18-17(11-21)20(22)24-23-18)19(26)10-16-14-6-12-5-13(8-14)9-15(16)7-12/h10,12-15H,2-9H2,1H3,(H3,22,23,24). The number of amides is 1. The highest BCUT2D eigenvalue weighted by molar-refractivity contribution is 5.88. The van der Waals surface area contributed by atoms with Gasteiger partial charge in [-0.05, 0) is 68.6 Å². The Kier molecular flexibility index (Phi) is 4.47. The van der Waals surface area contributed by atoms with Crippen LogP contribution in [-0.4, -0.2) is 34.6 Å². The fourth-order valence-corrected chi connectivity index (χ4v) is 5.52. The van der Waals surface area contributed by atoms with Crippen LogP contribution in [0.25, 0.3) is 0 Å². The van der Waals surface area contributed by atoms with Crippen molar-refractivity contribution >= 4 is 11.7 Å². The van der Waals surface area contributed by atoms with Crippen molar-refractivity contribution in [2.75, 3.05) is 19.3 Å². The van der Waals surface area contributed by atoms with Gasteiger partial charge < -0.3 is 10.6 Å². The van der Waals surface area contributed by atoms with Crippen molar-refractivity contribution in [1.82, 2.24) is 15.1 Å². The fourth-order valence-electron chi connectivity index (χ4n) is 5.52. The van der Waals surface area contributed by atoms with Crippen molar-refractivity contribution in [2.45, 2.75) is 44.9 Å². The summed E-state index contributed by atoms with van der Waals surface area (Å²) >= 11 is 0. The van der Waals surface area contributed by atoms with Gasteiger partial charge in [0.15, 0.2) is 5.82 Å². The summed E-state index contributed by atoms with van der Waals surface area (Å²) in [6.45, 7) is 0.660. The van der Waals surface area contributed by atoms with E-state index in [-0.39, 0.29) is 11.7 Å². The number of nitrogens with zero attached hydrogens (tertiary/aromatic N) is 3. The lowest BCUT2D eigenvalue weighted by Crippen LogP contribution is -2.41. The zero-order valence-electron chi connectivity index (χ0n) is 15.4. The number of nitriles is 1. The van der Waals surface area contributed by atoms with Crippen LogP contribution in [0.15, 0.2) is 11.6 Å². The molecule has 1 heterocycles. The Morgan fingerprint density at radius 2 is 1.96 bits per heavy atom. The number of anilines is 1. The molecule has 1 aromatic rings.